The third-order valence-electron chi connectivity index (χ3n) is 5.36. The first-order valence-corrected chi connectivity index (χ1v) is 11.3. The van der Waals surface area contributed by atoms with E-state index >= 15 is 0 Å². The van der Waals surface area contributed by atoms with Gasteiger partial charge in [0.25, 0.3) is 5.91 Å². The Morgan fingerprint density at radius 2 is 2.03 bits per heavy atom. The average Bonchev–Trinajstić information content (AvgIpc) is 3.31. The molecule has 1 amide bonds. The van der Waals surface area contributed by atoms with E-state index < -0.39 is 29.2 Å². The van der Waals surface area contributed by atoms with Crippen molar-refractivity contribution in [1.29, 1.82) is 0 Å². The molecule has 166 valence electrons. The molecule has 0 N–H and O–H groups in total. The van der Waals surface area contributed by atoms with Gasteiger partial charge in [0.15, 0.2) is 10.6 Å². The van der Waals surface area contributed by atoms with Crippen LogP contribution in [0.4, 0.5) is 9.52 Å². The van der Waals surface area contributed by atoms with E-state index in [0.717, 1.165) is 27.9 Å². The van der Waals surface area contributed by atoms with Crippen molar-refractivity contribution in [3.05, 3.63) is 90.4 Å². The van der Waals surface area contributed by atoms with E-state index in [1.54, 1.807) is 25.1 Å². The molecule has 1 atom stereocenters. The second kappa shape index (κ2) is 7.89. The monoisotopic (exact) mass is 528 g/mol. The highest BCUT2D eigenvalue weighted by molar-refractivity contribution is 9.10. The molecule has 1 unspecified atom stereocenters. The Labute approximate surface area is 198 Å². The lowest BCUT2D eigenvalue weighted by atomic mass is 9.99. The molecule has 7 nitrogen and oxygen atoms in total. The number of anilines is 1. The number of carbonyl (C=O) groups is 2. The number of esters is 1. The van der Waals surface area contributed by atoms with E-state index in [1.807, 2.05) is 6.07 Å². The second-order valence-corrected chi connectivity index (χ2v) is 9.24. The number of carbonyl (C=O) groups excluding carboxylic acids is 2. The summed E-state index contributed by atoms with van der Waals surface area (Å²) in [5, 5.41) is 0.248. The molecule has 10 heteroatoms. The Hall–Kier alpha value is -3.37. The quantitative estimate of drug-likeness (QED) is 0.348. The fourth-order valence-electron chi connectivity index (χ4n) is 3.90. The fourth-order valence-corrected chi connectivity index (χ4v) is 5.33. The zero-order chi connectivity index (χ0) is 23.4. The summed E-state index contributed by atoms with van der Waals surface area (Å²) in [6, 6.07) is 9.81. The Morgan fingerprint density at radius 3 is 2.76 bits per heavy atom. The molecule has 2 aromatic heterocycles. The molecular formula is C23H14BrFN2O5S. The smallest absolute Gasteiger partial charge is 0.350 e. The molecule has 0 bridgehead atoms. The summed E-state index contributed by atoms with van der Waals surface area (Å²) in [6.07, 6.45) is 0. The van der Waals surface area contributed by atoms with Crippen LogP contribution in [0.15, 0.2) is 56.1 Å². The van der Waals surface area contributed by atoms with E-state index in [0.29, 0.717) is 11.3 Å². The van der Waals surface area contributed by atoms with Gasteiger partial charge in [-0.25, -0.2) is 14.2 Å². The van der Waals surface area contributed by atoms with Crippen molar-refractivity contribution in [2.24, 2.45) is 0 Å². The van der Waals surface area contributed by atoms with Crippen LogP contribution < -0.4 is 10.3 Å². The first-order chi connectivity index (χ1) is 15.8. The van der Waals surface area contributed by atoms with Crippen molar-refractivity contribution in [3.63, 3.8) is 0 Å². The van der Waals surface area contributed by atoms with Crippen molar-refractivity contribution in [2.45, 2.75) is 13.0 Å². The highest BCUT2D eigenvalue weighted by Gasteiger charge is 2.45. The number of thiazole rings is 1. The molecule has 33 heavy (non-hydrogen) atoms. The van der Waals surface area contributed by atoms with Crippen molar-refractivity contribution in [2.75, 3.05) is 12.0 Å². The van der Waals surface area contributed by atoms with Gasteiger partial charge in [-0.2, -0.15) is 0 Å². The number of aryl methyl sites for hydroxylation is 1. The molecule has 0 aliphatic carbocycles. The number of methoxy groups -OCH3 is 1. The van der Waals surface area contributed by atoms with Gasteiger partial charge in [-0.15, -0.1) is 0 Å². The zero-order valence-corrected chi connectivity index (χ0v) is 19.6. The third kappa shape index (κ3) is 3.37. The Kier molecular flexibility index (Phi) is 5.13. The average molecular weight is 529 g/mol. The molecule has 0 saturated carbocycles. The van der Waals surface area contributed by atoms with Gasteiger partial charge in [-0.1, -0.05) is 39.4 Å². The summed E-state index contributed by atoms with van der Waals surface area (Å²) in [5.74, 6) is -1.89. The first-order valence-electron chi connectivity index (χ1n) is 9.71. The molecule has 0 radical (unpaired) electrons. The van der Waals surface area contributed by atoms with Crippen molar-refractivity contribution in [3.8, 4) is 0 Å². The second-order valence-electron chi connectivity index (χ2n) is 7.35. The summed E-state index contributed by atoms with van der Waals surface area (Å²) in [4.78, 5) is 45.2. The van der Waals surface area contributed by atoms with Crippen LogP contribution in [-0.2, 0) is 4.74 Å². The van der Waals surface area contributed by atoms with Crippen LogP contribution in [-0.4, -0.2) is 24.0 Å². The lowest BCUT2D eigenvalue weighted by molar-refractivity contribution is 0.0605. The van der Waals surface area contributed by atoms with Gasteiger partial charge in [-0.05, 0) is 42.8 Å². The number of hydrogen-bond acceptors (Lipinski definition) is 7. The summed E-state index contributed by atoms with van der Waals surface area (Å²) >= 11 is 4.41. The summed E-state index contributed by atoms with van der Waals surface area (Å²) in [6.45, 7) is 1.63. The van der Waals surface area contributed by atoms with Crippen molar-refractivity contribution >= 4 is 55.2 Å². The number of rotatable bonds is 3. The summed E-state index contributed by atoms with van der Waals surface area (Å²) < 4.78 is 25.3. The minimum Gasteiger partial charge on any atom is -0.465 e. The van der Waals surface area contributed by atoms with Gasteiger partial charge in [0.2, 0.25) is 5.76 Å². The fraction of sp³-hybridized carbons (Fsp3) is 0.130. The van der Waals surface area contributed by atoms with Gasteiger partial charge >= 0.3 is 5.97 Å². The van der Waals surface area contributed by atoms with Crippen LogP contribution in [0.5, 0.6) is 0 Å². The third-order valence-corrected chi connectivity index (χ3v) is 6.99. The highest BCUT2D eigenvalue weighted by atomic mass is 79.9. The lowest BCUT2D eigenvalue weighted by Crippen LogP contribution is -2.29. The van der Waals surface area contributed by atoms with Crippen LogP contribution in [0, 0.1) is 12.7 Å². The number of nitrogens with zero attached hydrogens (tertiary/aromatic N) is 2. The maximum absolute atomic E-state index is 13.9. The SMILES string of the molecule is COC(=O)c1sc(N2C(=O)c3oc4ccc(F)cc4c(=O)c3C2c2cccc(Br)c2)nc1C. The molecule has 1 aliphatic rings. The van der Waals surface area contributed by atoms with Crippen LogP contribution in [0.25, 0.3) is 11.0 Å². The molecule has 0 spiro atoms. The Balaban J connectivity index is 1.80. The zero-order valence-electron chi connectivity index (χ0n) is 17.2. The number of benzene rings is 2. The highest BCUT2D eigenvalue weighted by Crippen LogP contribution is 2.43. The van der Waals surface area contributed by atoms with Gasteiger partial charge in [0.1, 0.15) is 16.3 Å². The lowest BCUT2D eigenvalue weighted by Gasteiger charge is -2.22. The molecule has 4 aromatic rings. The van der Waals surface area contributed by atoms with Gasteiger partial charge < -0.3 is 9.15 Å². The largest absolute Gasteiger partial charge is 0.465 e. The standard InChI is InChI=1S/C23H14BrFN2O5S/c1-10-20(22(30)31-2)33-23(26-10)27-17(11-4-3-5-12(24)8-11)16-18(28)14-9-13(25)6-7-15(14)32-19(16)21(27)29/h3-9,17H,1-2H3. The molecule has 3 heterocycles. The van der Waals surface area contributed by atoms with E-state index in [-0.39, 0.29) is 32.3 Å². The predicted octanol–water partition coefficient (Wildman–Crippen LogP) is 5.00. The van der Waals surface area contributed by atoms with E-state index in [9.17, 15) is 18.8 Å². The number of fused-ring (bicyclic) bond motifs is 2. The normalized spacial score (nSPS) is 15.2. The van der Waals surface area contributed by atoms with Crippen LogP contribution in [0.3, 0.4) is 0 Å². The molecule has 0 saturated heterocycles. The van der Waals surface area contributed by atoms with E-state index in [4.69, 9.17) is 9.15 Å². The van der Waals surface area contributed by atoms with E-state index in [1.165, 1.54) is 18.1 Å². The topological polar surface area (TPSA) is 89.7 Å². The van der Waals surface area contributed by atoms with Gasteiger partial charge in [0.05, 0.1) is 29.8 Å². The minimum atomic E-state index is -0.884. The number of aromatic nitrogens is 1. The van der Waals surface area contributed by atoms with Crippen LogP contribution in [0.1, 0.15) is 43.1 Å². The van der Waals surface area contributed by atoms with Gasteiger partial charge in [0, 0.05) is 4.47 Å². The predicted molar refractivity (Wildman–Crippen MR) is 123 cm³/mol. The number of hydrogen-bond donors (Lipinski definition) is 0. The van der Waals surface area contributed by atoms with Crippen molar-refractivity contribution in [1.82, 2.24) is 4.98 Å². The van der Waals surface area contributed by atoms with Crippen LogP contribution in [0.2, 0.25) is 0 Å². The minimum absolute atomic E-state index is 0.0361. The molecule has 1 aliphatic heterocycles. The maximum Gasteiger partial charge on any atom is 0.350 e. The molecule has 0 fully saturated rings. The van der Waals surface area contributed by atoms with E-state index in [2.05, 4.69) is 20.9 Å². The number of ether oxygens (including phenoxy) is 1. The first kappa shape index (κ1) is 21.5. The van der Waals surface area contributed by atoms with Crippen molar-refractivity contribution < 1.29 is 23.1 Å². The van der Waals surface area contributed by atoms with Crippen LogP contribution >= 0.6 is 27.3 Å². The maximum atomic E-state index is 13.9. The number of halogens is 2. The summed E-state index contributed by atoms with van der Waals surface area (Å²) in [5.41, 5.74) is 0.697. The number of amides is 1. The Bertz CT molecular complexity index is 1530. The molecular weight excluding hydrogens is 515 g/mol. The molecule has 2 aromatic carbocycles. The summed E-state index contributed by atoms with van der Waals surface area (Å²) in [7, 11) is 1.26. The van der Waals surface area contributed by atoms with Gasteiger partial charge in [-0.3, -0.25) is 14.5 Å². The molecule has 5 rings (SSSR count). The Morgan fingerprint density at radius 1 is 1.24 bits per heavy atom.